The van der Waals surface area contributed by atoms with Crippen LogP contribution in [0.2, 0.25) is 18.1 Å². The zero-order valence-corrected chi connectivity index (χ0v) is 27.1. The Morgan fingerprint density at radius 1 is 1.18 bits per heavy atom. The van der Waals surface area contributed by atoms with Gasteiger partial charge >= 0.3 is 5.97 Å². The standard InChI is InChI=1S/C29H37FN2O10SSi/c1-17(42-44(5,6)28(2,3)4)23-22-15-29(36,27(35)43(39,40)21-13-9-19(30)10-14-21)24(31(22)25(23)33)26(34)41-16-18-7-11-20(12-8-18)32(37)38/h7-14,17,22-24,27,35-36H,15-16H2,1-6H3/t17-,22-,23-,24-,27?,29?/m1/s1. The molecule has 12 nitrogen and oxygen atoms in total. The number of halogens is 1. The van der Waals surface area contributed by atoms with Crippen LogP contribution in [0.5, 0.6) is 0 Å². The number of non-ortho nitro benzene ring substituents is 1. The van der Waals surface area contributed by atoms with E-state index in [9.17, 15) is 42.7 Å². The van der Waals surface area contributed by atoms with Crippen LogP contribution in [0.4, 0.5) is 10.1 Å². The van der Waals surface area contributed by atoms with Gasteiger partial charge in [-0.15, -0.1) is 0 Å². The average molecular weight is 653 g/mol. The Hall–Kier alpha value is -3.24. The lowest BCUT2D eigenvalue weighted by Crippen LogP contribution is -2.67. The van der Waals surface area contributed by atoms with Gasteiger partial charge in [-0.25, -0.2) is 17.6 Å². The number of amides is 1. The molecule has 15 heteroatoms. The van der Waals surface area contributed by atoms with Gasteiger partial charge in [-0.3, -0.25) is 14.9 Å². The van der Waals surface area contributed by atoms with Gasteiger partial charge in [0.25, 0.3) is 5.69 Å². The molecule has 0 saturated carbocycles. The maximum atomic E-state index is 13.6. The first-order valence-corrected chi connectivity index (χ1v) is 18.5. The second kappa shape index (κ2) is 11.6. The van der Waals surface area contributed by atoms with Gasteiger partial charge in [-0.1, -0.05) is 20.8 Å². The van der Waals surface area contributed by atoms with Crippen molar-refractivity contribution in [3.05, 3.63) is 70.0 Å². The maximum Gasteiger partial charge on any atom is 0.332 e. The highest BCUT2D eigenvalue weighted by atomic mass is 32.2. The second-order valence-corrected chi connectivity index (χ2v) is 19.7. The number of benzene rings is 2. The van der Waals surface area contributed by atoms with E-state index in [2.05, 4.69) is 0 Å². The normalized spacial score (nSPS) is 25.2. The Bertz CT molecular complexity index is 1550. The number of nitro groups is 1. The monoisotopic (exact) mass is 652 g/mol. The molecule has 1 amide bonds. The predicted molar refractivity (Wildman–Crippen MR) is 158 cm³/mol. The highest BCUT2D eigenvalue weighted by Gasteiger charge is 2.71. The van der Waals surface area contributed by atoms with Crippen LogP contribution in [-0.4, -0.2) is 77.9 Å². The summed E-state index contributed by atoms with van der Waals surface area (Å²) in [5, 5.41) is 33.9. The smallest absolute Gasteiger partial charge is 0.332 e. The van der Waals surface area contributed by atoms with Gasteiger partial charge in [0.2, 0.25) is 15.7 Å². The number of ether oxygens (including phenoxy) is 1. The van der Waals surface area contributed by atoms with Crippen LogP contribution in [0.15, 0.2) is 53.4 Å². The summed E-state index contributed by atoms with van der Waals surface area (Å²) >= 11 is 0. The number of sulfone groups is 1. The predicted octanol–water partition coefficient (Wildman–Crippen LogP) is 3.31. The number of nitro benzene ring substituents is 1. The molecular weight excluding hydrogens is 615 g/mol. The van der Waals surface area contributed by atoms with Crippen molar-refractivity contribution >= 4 is 35.7 Å². The molecule has 0 radical (unpaired) electrons. The first kappa shape index (κ1) is 33.6. The molecule has 240 valence electrons. The van der Waals surface area contributed by atoms with Gasteiger partial charge in [0, 0.05) is 24.6 Å². The molecule has 2 N–H and O–H groups in total. The fourth-order valence-corrected chi connectivity index (χ4v) is 8.54. The van der Waals surface area contributed by atoms with Crippen LogP contribution in [0.1, 0.15) is 39.7 Å². The number of β-lactam (4-membered cyclic amide) rings is 1. The zero-order chi connectivity index (χ0) is 33.0. The highest BCUT2D eigenvalue weighted by molar-refractivity contribution is 7.92. The Kier molecular flexibility index (Phi) is 8.87. The number of carbonyl (C=O) groups is 2. The number of carbonyl (C=O) groups excluding carboxylic acids is 2. The third-order valence-corrected chi connectivity index (χ3v) is 15.5. The first-order valence-electron chi connectivity index (χ1n) is 14.0. The molecule has 44 heavy (non-hydrogen) atoms. The van der Waals surface area contributed by atoms with E-state index in [1.54, 1.807) is 6.92 Å². The molecule has 2 aliphatic heterocycles. The lowest BCUT2D eigenvalue weighted by atomic mass is 9.83. The average Bonchev–Trinajstić information content (AvgIpc) is 3.20. The van der Waals surface area contributed by atoms with Crippen molar-refractivity contribution in [2.75, 3.05) is 0 Å². The number of nitrogens with zero attached hydrogens (tertiary/aromatic N) is 2. The first-order chi connectivity index (χ1) is 20.2. The molecule has 2 aromatic rings. The van der Waals surface area contributed by atoms with Gasteiger partial charge < -0.3 is 24.3 Å². The summed E-state index contributed by atoms with van der Waals surface area (Å²) in [7, 11) is -7.13. The minimum absolute atomic E-state index is 0.187. The Labute approximate surface area is 256 Å². The van der Waals surface area contributed by atoms with E-state index in [0.717, 1.165) is 29.2 Å². The number of fused-ring (bicyclic) bond motifs is 1. The lowest BCUT2D eigenvalue weighted by molar-refractivity contribution is -0.384. The van der Waals surface area contributed by atoms with Crippen molar-refractivity contribution in [3.63, 3.8) is 0 Å². The number of rotatable bonds is 10. The van der Waals surface area contributed by atoms with Gasteiger partial charge in [-0.2, -0.15) is 0 Å². The maximum absolute atomic E-state index is 13.6. The van der Waals surface area contributed by atoms with Crippen LogP contribution < -0.4 is 0 Å². The largest absolute Gasteiger partial charge is 0.459 e. The van der Waals surface area contributed by atoms with E-state index in [0.29, 0.717) is 5.56 Å². The van der Waals surface area contributed by atoms with Crippen molar-refractivity contribution in [2.45, 2.75) is 93.0 Å². The third kappa shape index (κ3) is 5.90. The van der Waals surface area contributed by atoms with Crippen molar-refractivity contribution in [3.8, 4) is 0 Å². The van der Waals surface area contributed by atoms with Crippen molar-refractivity contribution in [2.24, 2.45) is 5.92 Å². The van der Waals surface area contributed by atoms with Crippen molar-refractivity contribution in [1.29, 1.82) is 0 Å². The number of aliphatic hydroxyl groups excluding tert-OH is 1. The Balaban J connectivity index is 1.66. The van der Waals surface area contributed by atoms with Crippen LogP contribution in [-0.2, 0) is 35.2 Å². The summed E-state index contributed by atoms with van der Waals surface area (Å²) in [4.78, 5) is 38.0. The molecule has 4 rings (SSSR count). The second-order valence-electron chi connectivity index (χ2n) is 12.9. The molecule has 2 saturated heterocycles. The van der Waals surface area contributed by atoms with E-state index in [1.165, 1.54) is 24.3 Å². The summed E-state index contributed by atoms with van der Waals surface area (Å²) in [6.07, 6.45) is -1.12. The van der Waals surface area contributed by atoms with Crippen LogP contribution in [0.3, 0.4) is 0 Å². The fraction of sp³-hybridized carbons (Fsp3) is 0.517. The summed E-state index contributed by atoms with van der Waals surface area (Å²) < 4.78 is 52.2. The SMILES string of the molecule is C[C@@H](O[Si](C)(C)C(C)(C)C)[C@H]1C(=O)N2[C@@H]1CC(O)(C(O)S(=O)(=O)c1ccc(F)cc1)[C@H]2C(=O)OCc1ccc([N+](=O)[O-])cc1. The molecule has 2 unspecified atom stereocenters. The topological polar surface area (TPSA) is 174 Å². The molecule has 2 heterocycles. The van der Waals surface area contributed by atoms with Gasteiger partial charge in [0.1, 0.15) is 18.0 Å². The summed E-state index contributed by atoms with van der Waals surface area (Å²) in [6.45, 7) is 11.4. The number of aliphatic hydroxyl groups is 2. The van der Waals surface area contributed by atoms with Crippen molar-refractivity contribution < 1.29 is 46.7 Å². The fourth-order valence-electron chi connectivity index (χ4n) is 5.57. The van der Waals surface area contributed by atoms with E-state index in [1.807, 2.05) is 33.9 Å². The molecule has 0 spiro atoms. The van der Waals surface area contributed by atoms with Gasteiger partial charge in [0.15, 0.2) is 19.8 Å². The summed E-state index contributed by atoms with van der Waals surface area (Å²) in [5.41, 5.74) is -5.13. The quantitative estimate of drug-likeness (QED) is 0.0968. The minimum Gasteiger partial charge on any atom is -0.459 e. The number of hydrogen-bond donors (Lipinski definition) is 2. The van der Waals surface area contributed by atoms with Gasteiger partial charge in [-0.05, 0) is 67.0 Å². The summed E-state index contributed by atoms with van der Waals surface area (Å²) in [6, 6.07) is 5.96. The van der Waals surface area contributed by atoms with E-state index < -0.39 is 93.8 Å². The molecular formula is C29H37FN2O10SSi. The van der Waals surface area contributed by atoms with E-state index in [-0.39, 0.29) is 10.7 Å². The molecule has 2 aromatic carbocycles. The minimum atomic E-state index is -4.76. The Morgan fingerprint density at radius 3 is 2.27 bits per heavy atom. The zero-order valence-electron chi connectivity index (χ0n) is 25.3. The molecule has 6 atom stereocenters. The molecule has 2 fully saturated rings. The Morgan fingerprint density at radius 2 is 1.75 bits per heavy atom. The number of esters is 1. The van der Waals surface area contributed by atoms with Crippen molar-refractivity contribution in [1.82, 2.24) is 4.90 Å². The van der Waals surface area contributed by atoms with Crippen LogP contribution in [0.25, 0.3) is 0 Å². The molecule has 0 bridgehead atoms. The van der Waals surface area contributed by atoms with E-state index >= 15 is 0 Å². The third-order valence-electron chi connectivity index (χ3n) is 9.01. The molecule has 2 aliphatic rings. The number of hydrogen-bond acceptors (Lipinski definition) is 10. The van der Waals surface area contributed by atoms with Crippen LogP contribution in [0, 0.1) is 21.8 Å². The highest BCUT2D eigenvalue weighted by Crippen LogP contribution is 2.50. The molecule has 0 aliphatic carbocycles. The van der Waals surface area contributed by atoms with Gasteiger partial charge in [0.05, 0.1) is 21.8 Å². The van der Waals surface area contributed by atoms with E-state index in [4.69, 9.17) is 9.16 Å². The van der Waals surface area contributed by atoms with Crippen LogP contribution >= 0.6 is 0 Å². The lowest BCUT2D eigenvalue weighted by Gasteiger charge is -2.49. The summed E-state index contributed by atoms with van der Waals surface area (Å²) in [5.74, 6) is -3.30. The molecule has 0 aromatic heterocycles.